The highest BCUT2D eigenvalue weighted by Crippen LogP contribution is 2.38. The zero-order valence-corrected chi connectivity index (χ0v) is 19.7. The van der Waals surface area contributed by atoms with Crippen molar-refractivity contribution in [3.8, 4) is 11.1 Å². The first-order chi connectivity index (χ1) is 16.8. The van der Waals surface area contributed by atoms with E-state index < -0.39 is 11.7 Å². The molecule has 1 atom stereocenters. The Morgan fingerprint density at radius 2 is 1.86 bits per heavy atom. The molecule has 2 aromatic heterocycles. The fraction of sp³-hybridized carbons (Fsp3) is 0.435. The fourth-order valence-electron chi connectivity index (χ4n) is 4.75. The highest BCUT2D eigenvalue weighted by Gasteiger charge is 2.36. The van der Waals surface area contributed by atoms with Gasteiger partial charge in [-0.05, 0) is 37.2 Å². The van der Waals surface area contributed by atoms with Crippen LogP contribution < -0.4 is 10.6 Å². The molecular weight excluding hydrogens is 481 g/mol. The van der Waals surface area contributed by atoms with Crippen molar-refractivity contribution in [3.63, 3.8) is 0 Å². The molecule has 1 unspecified atom stereocenters. The van der Waals surface area contributed by atoms with Gasteiger partial charge >= 0.3 is 6.18 Å². The van der Waals surface area contributed by atoms with Gasteiger partial charge in [-0.1, -0.05) is 17.7 Å². The zero-order valence-electron chi connectivity index (χ0n) is 19.0. The molecule has 0 saturated carbocycles. The van der Waals surface area contributed by atoms with Crippen LogP contribution in [0.4, 0.5) is 24.8 Å². The Hall–Kier alpha value is -2.89. The smallest absolute Gasteiger partial charge is 0.383 e. The molecule has 2 aliphatic heterocycles. The summed E-state index contributed by atoms with van der Waals surface area (Å²) in [6, 6.07) is 4.12. The predicted octanol–water partition coefficient (Wildman–Crippen LogP) is 3.69. The molecule has 0 amide bonds. The first-order valence-electron chi connectivity index (χ1n) is 11.5. The summed E-state index contributed by atoms with van der Waals surface area (Å²) in [5.41, 5.74) is 7.54. The van der Waals surface area contributed by atoms with Gasteiger partial charge in [-0.2, -0.15) is 18.3 Å². The Morgan fingerprint density at radius 3 is 2.49 bits per heavy atom. The summed E-state index contributed by atoms with van der Waals surface area (Å²) in [4.78, 5) is 15.3. The number of likely N-dealkylation sites (tertiary alicyclic amines) is 1. The van der Waals surface area contributed by atoms with Crippen molar-refractivity contribution in [1.82, 2.24) is 30.0 Å². The molecule has 0 aliphatic carbocycles. The summed E-state index contributed by atoms with van der Waals surface area (Å²) in [6.07, 6.45) is 1.48. The number of alkyl halides is 3. The zero-order chi connectivity index (χ0) is 24.6. The second-order valence-corrected chi connectivity index (χ2v) is 9.28. The number of nitrogens with one attached hydrogen (secondary N) is 1. The number of benzene rings is 1. The molecule has 0 spiro atoms. The molecule has 186 valence electrons. The second kappa shape index (κ2) is 9.63. The highest BCUT2D eigenvalue weighted by molar-refractivity contribution is 6.31. The van der Waals surface area contributed by atoms with Gasteiger partial charge in [0.1, 0.15) is 18.0 Å². The first kappa shape index (κ1) is 23.8. The summed E-state index contributed by atoms with van der Waals surface area (Å²) in [6.45, 7) is 5.23. The minimum atomic E-state index is -4.50. The van der Waals surface area contributed by atoms with Gasteiger partial charge in [0.15, 0.2) is 0 Å². The van der Waals surface area contributed by atoms with E-state index in [4.69, 9.17) is 17.3 Å². The Kier molecular flexibility index (Phi) is 6.56. The minimum absolute atomic E-state index is 0.167. The average Bonchev–Trinajstić information content (AvgIpc) is 3.33. The monoisotopic (exact) mass is 506 g/mol. The van der Waals surface area contributed by atoms with Crippen LogP contribution >= 0.6 is 11.6 Å². The van der Waals surface area contributed by atoms with Crippen molar-refractivity contribution >= 4 is 23.2 Å². The topological polar surface area (TPSA) is 90.2 Å². The second-order valence-electron chi connectivity index (χ2n) is 8.87. The predicted molar refractivity (Wildman–Crippen MR) is 128 cm³/mol. The van der Waals surface area contributed by atoms with Crippen molar-refractivity contribution in [1.29, 1.82) is 0 Å². The number of nitrogen functional groups attached to an aromatic ring is 1. The van der Waals surface area contributed by atoms with E-state index in [1.807, 2.05) is 0 Å². The summed E-state index contributed by atoms with van der Waals surface area (Å²) < 4.78 is 40.7. The van der Waals surface area contributed by atoms with Gasteiger partial charge in [-0.15, -0.1) is 0 Å². The lowest BCUT2D eigenvalue weighted by atomic mass is 9.99. The van der Waals surface area contributed by atoms with Crippen molar-refractivity contribution in [2.45, 2.75) is 18.6 Å². The van der Waals surface area contributed by atoms with Crippen LogP contribution in [0, 0.1) is 0 Å². The van der Waals surface area contributed by atoms with Gasteiger partial charge in [0.05, 0.1) is 22.3 Å². The standard InChI is InChI=1S/C23H26ClF3N8/c24-18-3-2-15(10-17(18)23(25,26)27)19(13-33-4-1-5-33)34-6-8-35(9-7-34)22-20(16-11-31-32-12-16)21(28)29-14-30-22/h2-3,10-12,14,19H,1,4-9,13H2,(H,31,32)(H2,28,29,30). The molecule has 35 heavy (non-hydrogen) atoms. The van der Waals surface area contributed by atoms with E-state index in [-0.39, 0.29) is 11.1 Å². The molecule has 0 radical (unpaired) electrons. The van der Waals surface area contributed by atoms with E-state index in [2.05, 4.69) is 34.9 Å². The van der Waals surface area contributed by atoms with Crippen molar-refractivity contribution < 1.29 is 13.2 Å². The fourth-order valence-corrected chi connectivity index (χ4v) is 4.97. The maximum Gasteiger partial charge on any atom is 0.417 e. The van der Waals surface area contributed by atoms with Crippen LogP contribution in [-0.4, -0.2) is 75.8 Å². The number of nitrogens with zero attached hydrogens (tertiary/aromatic N) is 6. The molecule has 5 rings (SSSR count). The Balaban J connectivity index is 1.38. The molecular formula is C23H26ClF3N8. The van der Waals surface area contributed by atoms with Crippen LogP contribution in [0.1, 0.15) is 23.6 Å². The summed E-state index contributed by atoms with van der Waals surface area (Å²) in [5, 5.41) is 6.53. The van der Waals surface area contributed by atoms with Crippen LogP contribution in [0.5, 0.6) is 0 Å². The van der Waals surface area contributed by atoms with E-state index in [0.717, 1.165) is 36.5 Å². The number of piperazine rings is 1. The van der Waals surface area contributed by atoms with Crippen molar-refractivity contribution in [2.24, 2.45) is 0 Å². The molecule has 0 bridgehead atoms. The van der Waals surface area contributed by atoms with Gasteiger partial charge < -0.3 is 15.5 Å². The number of halogens is 4. The van der Waals surface area contributed by atoms with Crippen LogP contribution in [0.2, 0.25) is 5.02 Å². The van der Waals surface area contributed by atoms with Gasteiger partial charge in [0.25, 0.3) is 0 Å². The lowest BCUT2D eigenvalue weighted by molar-refractivity contribution is -0.137. The molecule has 1 aromatic carbocycles. The third-order valence-corrected chi connectivity index (χ3v) is 7.09. The molecule has 3 aromatic rings. The van der Waals surface area contributed by atoms with Gasteiger partial charge in [0.2, 0.25) is 0 Å². The van der Waals surface area contributed by atoms with E-state index in [1.54, 1.807) is 18.5 Å². The Labute approximate surface area is 205 Å². The molecule has 8 nitrogen and oxygen atoms in total. The Morgan fingerprint density at radius 1 is 1.09 bits per heavy atom. The summed E-state index contributed by atoms with van der Waals surface area (Å²) >= 11 is 5.89. The third kappa shape index (κ3) is 4.93. The highest BCUT2D eigenvalue weighted by atomic mass is 35.5. The Bertz CT molecular complexity index is 1160. The maximum absolute atomic E-state index is 13.6. The molecule has 12 heteroatoms. The number of hydrogen-bond acceptors (Lipinski definition) is 7. The summed E-state index contributed by atoms with van der Waals surface area (Å²) in [7, 11) is 0. The van der Waals surface area contributed by atoms with Crippen LogP contribution in [0.3, 0.4) is 0 Å². The maximum atomic E-state index is 13.6. The number of aromatic nitrogens is 4. The first-order valence-corrected chi connectivity index (χ1v) is 11.9. The third-order valence-electron chi connectivity index (χ3n) is 6.76. The minimum Gasteiger partial charge on any atom is -0.383 e. The molecule has 4 heterocycles. The largest absolute Gasteiger partial charge is 0.417 e. The molecule has 2 saturated heterocycles. The SMILES string of the molecule is Nc1ncnc(N2CCN(C(CN3CCC3)c3ccc(Cl)c(C(F)(F)F)c3)CC2)c1-c1cn[nH]c1. The van der Waals surface area contributed by atoms with Gasteiger partial charge in [0, 0.05) is 50.5 Å². The lowest BCUT2D eigenvalue weighted by Gasteiger charge is -2.43. The summed E-state index contributed by atoms with van der Waals surface area (Å²) in [5.74, 6) is 1.10. The van der Waals surface area contributed by atoms with E-state index >= 15 is 0 Å². The lowest BCUT2D eigenvalue weighted by Crippen LogP contribution is -2.51. The molecule has 2 aliphatic rings. The van der Waals surface area contributed by atoms with Crippen LogP contribution in [-0.2, 0) is 6.18 Å². The normalized spacial score (nSPS) is 18.5. The number of H-pyrrole nitrogens is 1. The number of aromatic amines is 1. The molecule has 2 fully saturated rings. The quantitative estimate of drug-likeness (QED) is 0.527. The van der Waals surface area contributed by atoms with E-state index in [9.17, 15) is 13.2 Å². The van der Waals surface area contributed by atoms with Gasteiger partial charge in [-0.25, -0.2) is 9.97 Å². The van der Waals surface area contributed by atoms with Gasteiger partial charge in [-0.3, -0.25) is 10.00 Å². The van der Waals surface area contributed by atoms with E-state index in [0.29, 0.717) is 44.1 Å². The number of rotatable bonds is 6. The van der Waals surface area contributed by atoms with E-state index in [1.165, 1.54) is 18.5 Å². The van der Waals surface area contributed by atoms with Crippen molar-refractivity contribution in [2.75, 3.05) is 56.4 Å². The number of hydrogen-bond donors (Lipinski definition) is 2. The average molecular weight is 507 g/mol. The van der Waals surface area contributed by atoms with Crippen LogP contribution in [0.15, 0.2) is 36.9 Å². The number of anilines is 2. The van der Waals surface area contributed by atoms with Crippen molar-refractivity contribution in [3.05, 3.63) is 53.1 Å². The number of nitrogens with two attached hydrogens (primary N) is 1. The molecule has 3 N–H and O–H groups in total. The van der Waals surface area contributed by atoms with Crippen LogP contribution in [0.25, 0.3) is 11.1 Å².